The standard InChI is InChI=1S/C22H26F2N2O4/c1-3-29-20-14-17(6-9-19(20)30-22(23)24)21(27)26-12-10-25(11-13-26)15-16-4-7-18(28-2)8-5-16/h4-9,14,22H,3,10-13,15H2,1-2H3/p+1. The highest BCUT2D eigenvalue weighted by Gasteiger charge is 2.25. The van der Waals surface area contributed by atoms with Crippen molar-refractivity contribution in [2.45, 2.75) is 20.1 Å². The van der Waals surface area contributed by atoms with Crippen LogP contribution in [0.15, 0.2) is 42.5 Å². The lowest BCUT2D eigenvalue weighted by molar-refractivity contribution is -0.917. The second-order valence-corrected chi connectivity index (χ2v) is 7.04. The lowest BCUT2D eigenvalue weighted by atomic mass is 10.1. The van der Waals surface area contributed by atoms with Crippen LogP contribution >= 0.6 is 0 Å². The van der Waals surface area contributed by atoms with E-state index in [4.69, 9.17) is 9.47 Å². The first-order chi connectivity index (χ1) is 14.5. The maximum absolute atomic E-state index is 12.9. The van der Waals surface area contributed by atoms with Gasteiger partial charge in [-0.15, -0.1) is 0 Å². The molecule has 1 aliphatic heterocycles. The number of hydrogen-bond acceptors (Lipinski definition) is 4. The summed E-state index contributed by atoms with van der Waals surface area (Å²) in [5.74, 6) is 0.771. The lowest BCUT2D eigenvalue weighted by Crippen LogP contribution is -3.13. The number of alkyl halides is 2. The van der Waals surface area contributed by atoms with Crippen LogP contribution in [0.5, 0.6) is 17.2 Å². The molecule has 0 aliphatic carbocycles. The molecule has 2 aromatic carbocycles. The quantitative estimate of drug-likeness (QED) is 0.711. The number of nitrogens with zero attached hydrogens (tertiary/aromatic N) is 1. The van der Waals surface area contributed by atoms with Crippen LogP contribution in [0.25, 0.3) is 0 Å². The molecule has 0 atom stereocenters. The molecule has 0 spiro atoms. The van der Waals surface area contributed by atoms with E-state index in [-0.39, 0.29) is 24.0 Å². The maximum Gasteiger partial charge on any atom is 0.387 e. The second kappa shape index (κ2) is 10.2. The van der Waals surface area contributed by atoms with Gasteiger partial charge in [0.2, 0.25) is 0 Å². The second-order valence-electron chi connectivity index (χ2n) is 7.04. The van der Waals surface area contributed by atoms with Crippen molar-refractivity contribution in [1.29, 1.82) is 0 Å². The Labute approximate surface area is 174 Å². The molecule has 0 aromatic heterocycles. The van der Waals surface area contributed by atoms with Crippen LogP contribution in [0.1, 0.15) is 22.8 Å². The minimum atomic E-state index is -2.95. The SMILES string of the molecule is CCOc1cc(C(=O)N2CC[NH+](Cc3ccc(OC)cc3)CC2)ccc1OC(F)F. The number of hydrogen-bond donors (Lipinski definition) is 1. The van der Waals surface area contributed by atoms with Gasteiger partial charge in [-0.25, -0.2) is 0 Å². The number of piperazine rings is 1. The summed E-state index contributed by atoms with van der Waals surface area (Å²) in [6, 6.07) is 12.3. The number of quaternary nitrogens is 1. The summed E-state index contributed by atoms with van der Waals surface area (Å²) < 4.78 is 40.1. The number of halogens is 2. The molecule has 30 heavy (non-hydrogen) atoms. The number of ether oxygens (including phenoxy) is 3. The summed E-state index contributed by atoms with van der Waals surface area (Å²) in [5.41, 5.74) is 1.63. The van der Waals surface area contributed by atoms with Crippen LogP contribution in [-0.2, 0) is 6.54 Å². The highest BCUT2D eigenvalue weighted by atomic mass is 19.3. The van der Waals surface area contributed by atoms with E-state index in [9.17, 15) is 13.6 Å². The zero-order valence-electron chi connectivity index (χ0n) is 17.2. The van der Waals surface area contributed by atoms with Crippen molar-refractivity contribution in [3.8, 4) is 17.2 Å². The van der Waals surface area contributed by atoms with E-state index in [0.717, 1.165) is 25.4 Å². The Morgan fingerprint density at radius 3 is 2.40 bits per heavy atom. The van der Waals surface area contributed by atoms with E-state index in [2.05, 4.69) is 16.9 Å². The van der Waals surface area contributed by atoms with Gasteiger partial charge in [0.25, 0.3) is 5.91 Å². The van der Waals surface area contributed by atoms with E-state index in [0.29, 0.717) is 18.7 Å². The van der Waals surface area contributed by atoms with Gasteiger partial charge in [0.05, 0.1) is 39.9 Å². The fourth-order valence-electron chi connectivity index (χ4n) is 3.52. The van der Waals surface area contributed by atoms with E-state index >= 15 is 0 Å². The summed E-state index contributed by atoms with van der Waals surface area (Å²) in [5, 5.41) is 0. The van der Waals surface area contributed by atoms with Crippen molar-refractivity contribution in [2.75, 3.05) is 39.9 Å². The first-order valence-electron chi connectivity index (χ1n) is 9.97. The van der Waals surface area contributed by atoms with Crippen LogP contribution in [0, 0.1) is 0 Å². The van der Waals surface area contributed by atoms with Gasteiger partial charge in [-0.2, -0.15) is 8.78 Å². The Bertz CT molecular complexity index is 838. The van der Waals surface area contributed by atoms with Gasteiger partial charge in [-0.05, 0) is 49.4 Å². The van der Waals surface area contributed by atoms with Gasteiger partial charge in [0, 0.05) is 11.1 Å². The molecule has 8 heteroatoms. The van der Waals surface area contributed by atoms with Crippen LogP contribution in [0.2, 0.25) is 0 Å². The molecule has 0 unspecified atom stereocenters. The molecular formula is C22H27F2N2O4+. The van der Waals surface area contributed by atoms with Crippen molar-refractivity contribution >= 4 is 5.91 Å². The molecule has 1 saturated heterocycles. The largest absolute Gasteiger partial charge is 0.497 e. The Kier molecular flexibility index (Phi) is 7.46. The monoisotopic (exact) mass is 421 g/mol. The molecule has 162 valence electrons. The number of benzene rings is 2. The topological polar surface area (TPSA) is 52.4 Å². The minimum Gasteiger partial charge on any atom is -0.497 e. The zero-order chi connectivity index (χ0) is 21.5. The van der Waals surface area contributed by atoms with Crippen LogP contribution in [-0.4, -0.2) is 57.3 Å². The summed E-state index contributed by atoms with van der Waals surface area (Å²) in [7, 11) is 1.65. The van der Waals surface area contributed by atoms with Crippen LogP contribution in [0.3, 0.4) is 0 Å². The highest BCUT2D eigenvalue weighted by molar-refractivity contribution is 5.95. The van der Waals surface area contributed by atoms with Gasteiger partial charge < -0.3 is 24.0 Å². The average Bonchev–Trinajstić information content (AvgIpc) is 2.75. The van der Waals surface area contributed by atoms with E-state index < -0.39 is 6.61 Å². The Morgan fingerprint density at radius 1 is 1.10 bits per heavy atom. The average molecular weight is 421 g/mol. The third kappa shape index (κ3) is 5.60. The molecule has 0 bridgehead atoms. The van der Waals surface area contributed by atoms with Gasteiger partial charge in [-0.3, -0.25) is 4.79 Å². The molecule has 0 saturated carbocycles. The molecule has 2 aromatic rings. The fraction of sp³-hybridized carbons (Fsp3) is 0.409. The van der Waals surface area contributed by atoms with Crippen molar-refractivity contribution < 1.29 is 32.7 Å². The summed E-state index contributed by atoms with van der Waals surface area (Å²) >= 11 is 0. The Morgan fingerprint density at radius 2 is 1.80 bits per heavy atom. The molecular weight excluding hydrogens is 394 g/mol. The zero-order valence-corrected chi connectivity index (χ0v) is 17.2. The molecule has 3 rings (SSSR count). The number of methoxy groups -OCH3 is 1. The molecule has 1 N–H and O–H groups in total. The third-order valence-electron chi connectivity index (χ3n) is 5.08. The first kappa shape index (κ1) is 21.8. The number of amides is 1. The van der Waals surface area contributed by atoms with Crippen molar-refractivity contribution in [3.63, 3.8) is 0 Å². The van der Waals surface area contributed by atoms with Crippen LogP contribution in [0.4, 0.5) is 8.78 Å². The van der Waals surface area contributed by atoms with Crippen LogP contribution < -0.4 is 19.1 Å². The van der Waals surface area contributed by atoms with Gasteiger partial charge in [0.1, 0.15) is 12.3 Å². The van der Waals surface area contributed by atoms with E-state index in [1.807, 2.05) is 12.1 Å². The van der Waals surface area contributed by atoms with E-state index in [1.165, 1.54) is 28.7 Å². The lowest BCUT2D eigenvalue weighted by Gasteiger charge is -2.32. The number of nitrogens with one attached hydrogen (secondary N) is 1. The van der Waals surface area contributed by atoms with Gasteiger partial charge in [0.15, 0.2) is 11.5 Å². The molecule has 1 heterocycles. The number of carbonyl (C=O) groups excluding carboxylic acids is 1. The van der Waals surface area contributed by atoms with Crippen molar-refractivity contribution in [2.24, 2.45) is 0 Å². The van der Waals surface area contributed by atoms with Crippen molar-refractivity contribution in [1.82, 2.24) is 4.90 Å². The van der Waals surface area contributed by atoms with Crippen molar-refractivity contribution in [3.05, 3.63) is 53.6 Å². The third-order valence-corrected chi connectivity index (χ3v) is 5.08. The summed E-state index contributed by atoms with van der Waals surface area (Å²) in [6.07, 6.45) is 0. The van der Waals surface area contributed by atoms with E-state index in [1.54, 1.807) is 18.9 Å². The maximum atomic E-state index is 12.9. The predicted octanol–water partition coefficient (Wildman–Crippen LogP) is 2.24. The van der Waals surface area contributed by atoms with Gasteiger partial charge >= 0.3 is 6.61 Å². The number of carbonyl (C=O) groups is 1. The Hall–Kier alpha value is -2.87. The predicted molar refractivity (Wildman–Crippen MR) is 108 cm³/mol. The fourth-order valence-corrected chi connectivity index (χ4v) is 3.52. The van der Waals surface area contributed by atoms with Gasteiger partial charge in [-0.1, -0.05) is 0 Å². The normalized spacial score (nSPS) is 14.6. The molecule has 1 amide bonds. The summed E-state index contributed by atoms with van der Waals surface area (Å²) in [4.78, 5) is 16.1. The highest BCUT2D eigenvalue weighted by Crippen LogP contribution is 2.30. The number of rotatable bonds is 8. The molecule has 6 nitrogen and oxygen atoms in total. The first-order valence-corrected chi connectivity index (χ1v) is 9.97. The minimum absolute atomic E-state index is 0.0721. The summed E-state index contributed by atoms with van der Waals surface area (Å²) in [6.45, 7) is 2.89. The molecule has 1 aliphatic rings. The Balaban J connectivity index is 1.59. The smallest absolute Gasteiger partial charge is 0.387 e. The molecule has 0 radical (unpaired) electrons. The molecule has 1 fully saturated rings.